The van der Waals surface area contributed by atoms with Gasteiger partial charge in [-0.15, -0.1) is 0 Å². The van der Waals surface area contributed by atoms with E-state index < -0.39 is 24.0 Å². The molecule has 2 heterocycles. The molecule has 0 aromatic rings. The Balaban J connectivity index is 0.000000324. The van der Waals surface area contributed by atoms with Crippen LogP contribution in [0.2, 0.25) is 0 Å². The van der Waals surface area contributed by atoms with E-state index in [-0.39, 0.29) is 41.4 Å². The normalized spacial score (nSPS) is 24.4. The fourth-order valence-electron chi connectivity index (χ4n) is 1.47. The molecular weight excluding hydrogens is 303 g/mol. The fourth-order valence-corrected chi connectivity index (χ4v) is 1.47. The van der Waals surface area contributed by atoms with Gasteiger partial charge in [-0.2, -0.15) is 0 Å². The predicted octanol–water partition coefficient (Wildman–Crippen LogP) is -2.40. The van der Waals surface area contributed by atoms with Gasteiger partial charge in [0.2, 0.25) is 0 Å². The van der Waals surface area contributed by atoms with Crippen LogP contribution >= 0.6 is 0 Å². The molecule has 107 valence electrons. The van der Waals surface area contributed by atoms with Gasteiger partial charge >= 0.3 is 16.8 Å². The van der Waals surface area contributed by atoms with E-state index in [1.807, 2.05) is 0 Å². The molecule has 19 heavy (non-hydrogen) atoms. The number of hydrogen-bond donors (Lipinski definition) is 0. The first-order valence-corrected chi connectivity index (χ1v) is 5.29. The Bertz CT molecular complexity index is 350. The van der Waals surface area contributed by atoms with Gasteiger partial charge in [0, 0.05) is 11.9 Å². The maximum absolute atomic E-state index is 10.3. The van der Waals surface area contributed by atoms with Gasteiger partial charge in [0.25, 0.3) is 0 Å². The Kier molecular flexibility index (Phi) is 7.08. The summed E-state index contributed by atoms with van der Waals surface area (Å²) < 4.78 is 0. The smallest absolute Gasteiger partial charge is 0.646 e. The van der Waals surface area contributed by atoms with Crippen molar-refractivity contribution in [1.29, 1.82) is 0 Å². The largest absolute Gasteiger partial charge is 2.00 e. The first kappa shape index (κ1) is 17.4. The Hall–Kier alpha value is -1.61. The second-order valence-electron chi connectivity index (χ2n) is 3.79. The third-order valence-electron chi connectivity index (χ3n) is 2.41. The molecule has 2 atom stereocenters. The molecule has 0 aromatic heterocycles. The number of aliphatic carboxylic acids is 2. The first-order chi connectivity index (χ1) is 8.40. The third kappa shape index (κ3) is 5.70. The molecule has 2 aliphatic heterocycles. The summed E-state index contributed by atoms with van der Waals surface area (Å²) >= 11 is 0. The second-order valence-corrected chi connectivity index (χ2v) is 3.79. The number of carbonyl (C=O) groups excluding carboxylic acids is 4. The average molecular weight is 313 g/mol. The van der Waals surface area contributed by atoms with Crippen molar-refractivity contribution in [2.75, 3.05) is 0 Å². The summed E-state index contributed by atoms with van der Waals surface area (Å²) in [6.45, 7) is 0. The van der Waals surface area contributed by atoms with Crippen LogP contribution in [0.3, 0.4) is 0 Å². The molecule has 2 unspecified atom stereocenters. The molecule has 1 radical (unpaired) electrons. The van der Waals surface area contributed by atoms with Crippen LogP contribution < -0.4 is 10.2 Å². The Morgan fingerprint density at radius 2 is 1.21 bits per heavy atom. The van der Waals surface area contributed by atoms with Gasteiger partial charge in [0.05, 0.1) is 11.8 Å². The van der Waals surface area contributed by atoms with E-state index in [0.29, 0.717) is 12.8 Å². The van der Waals surface area contributed by atoms with Gasteiger partial charge in [-0.3, -0.25) is 0 Å². The van der Waals surface area contributed by atoms with Gasteiger partial charge in [0.15, 0.2) is 0 Å². The first-order valence-electron chi connectivity index (χ1n) is 5.29. The van der Waals surface area contributed by atoms with Crippen molar-refractivity contribution >= 4 is 23.8 Å². The van der Waals surface area contributed by atoms with E-state index in [2.05, 4.69) is 10.6 Å². The summed E-state index contributed by atoms with van der Waals surface area (Å²) in [5, 5.41) is 26.6. The molecule has 2 rings (SSSR count). The molecule has 2 amide bonds. The maximum atomic E-state index is 10.3. The summed E-state index contributed by atoms with van der Waals surface area (Å²) in [5.74, 6) is -3.16. The number of carboxylic acid groups (broad SMARTS) is 2. The SMILES string of the molecule is O=C1CCC(C(=O)[O-])[N-]1.O=C1CCC(C(=O)[O-])[N-]1.[Co+2]. The Morgan fingerprint density at radius 1 is 0.895 bits per heavy atom. The molecule has 2 fully saturated rings. The van der Waals surface area contributed by atoms with E-state index in [0.717, 1.165) is 0 Å². The van der Waals surface area contributed by atoms with Gasteiger partial charge in [-0.05, 0) is 12.8 Å². The number of hydrogen-bond acceptors (Lipinski definition) is 6. The number of carbonyl (C=O) groups is 4. The minimum atomic E-state index is -1.25. The average Bonchev–Trinajstić information content (AvgIpc) is 2.88. The van der Waals surface area contributed by atoms with E-state index >= 15 is 0 Å². The number of amides is 2. The number of rotatable bonds is 2. The molecule has 2 aliphatic rings. The number of carboxylic acids is 2. The summed E-state index contributed by atoms with van der Waals surface area (Å²) in [6, 6.07) is -1.75. The monoisotopic (exact) mass is 313 g/mol. The second kappa shape index (κ2) is 7.74. The molecule has 0 N–H and O–H groups in total. The minimum Gasteiger partial charge on any atom is -0.646 e. The van der Waals surface area contributed by atoms with Crippen LogP contribution in [0.5, 0.6) is 0 Å². The van der Waals surface area contributed by atoms with Crippen molar-refractivity contribution < 1.29 is 46.2 Å². The van der Waals surface area contributed by atoms with Gasteiger partial charge in [-0.25, -0.2) is 0 Å². The summed E-state index contributed by atoms with van der Waals surface area (Å²) in [5.41, 5.74) is 0. The molecule has 0 aliphatic carbocycles. The standard InChI is InChI=1S/2C5H7NO3.Co/c2*7-4-2-1-3(6-4)5(8)9;/h2*3H,1-2H2,(H2,6,7,8,9);/q;;+2/p-4. The van der Waals surface area contributed by atoms with Crippen molar-refractivity contribution in [1.82, 2.24) is 0 Å². The van der Waals surface area contributed by atoms with Crippen molar-refractivity contribution in [2.24, 2.45) is 0 Å². The van der Waals surface area contributed by atoms with Crippen LogP contribution in [-0.2, 0) is 36.0 Å². The van der Waals surface area contributed by atoms with Crippen LogP contribution in [0, 0.1) is 0 Å². The van der Waals surface area contributed by atoms with Crippen LogP contribution in [0.4, 0.5) is 0 Å². The van der Waals surface area contributed by atoms with Gasteiger partial charge in [-0.1, -0.05) is 24.9 Å². The molecule has 8 nitrogen and oxygen atoms in total. The van der Waals surface area contributed by atoms with Crippen molar-refractivity contribution in [2.45, 2.75) is 37.8 Å². The maximum Gasteiger partial charge on any atom is 2.00 e. The third-order valence-corrected chi connectivity index (χ3v) is 2.41. The molecular formula is C10H10CoN2O6-2. The summed E-state index contributed by atoms with van der Waals surface area (Å²) in [7, 11) is 0. The van der Waals surface area contributed by atoms with Crippen molar-refractivity contribution in [3.8, 4) is 0 Å². The van der Waals surface area contributed by atoms with Crippen LogP contribution in [0.25, 0.3) is 10.6 Å². The topological polar surface area (TPSA) is 143 Å². The van der Waals surface area contributed by atoms with Gasteiger partial charge in [0.1, 0.15) is 0 Å². The molecule has 9 heteroatoms. The minimum absolute atomic E-state index is 0. The Labute approximate surface area is 119 Å². The quantitative estimate of drug-likeness (QED) is 0.556. The van der Waals surface area contributed by atoms with Gasteiger partial charge < -0.3 is 40.0 Å². The molecule has 0 bridgehead atoms. The Morgan fingerprint density at radius 3 is 1.32 bits per heavy atom. The van der Waals surface area contributed by atoms with E-state index in [1.54, 1.807) is 0 Å². The predicted molar refractivity (Wildman–Crippen MR) is 52.8 cm³/mol. The summed E-state index contributed by atoms with van der Waals surface area (Å²) in [6.07, 6.45) is 1.11. The van der Waals surface area contributed by atoms with Crippen molar-refractivity contribution in [3.05, 3.63) is 10.6 Å². The fraction of sp³-hybridized carbons (Fsp3) is 0.600. The van der Waals surface area contributed by atoms with Crippen LogP contribution in [-0.4, -0.2) is 35.8 Å². The van der Waals surface area contributed by atoms with E-state index in [1.165, 1.54) is 0 Å². The molecule has 0 saturated carbocycles. The number of nitrogens with zero attached hydrogens (tertiary/aromatic N) is 2. The molecule has 0 aromatic carbocycles. The summed E-state index contributed by atoms with van der Waals surface area (Å²) in [4.78, 5) is 40.6. The van der Waals surface area contributed by atoms with E-state index in [4.69, 9.17) is 0 Å². The van der Waals surface area contributed by atoms with Crippen LogP contribution in [0.15, 0.2) is 0 Å². The van der Waals surface area contributed by atoms with Crippen LogP contribution in [0.1, 0.15) is 25.7 Å². The zero-order valence-corrected chi connectivity index (χ0v) is 10.7. The molecule has 2 saturated heterocycles. The van der Waals surface area contributed by atoms with Crippen molar-refractivity contribution in [3.63, 3.8) is 0 Å². The zero-order chi connectivity index (χ0) is 13.7. The van der Waals surface area contributed by atoms with E-state index in [9.17, 15) is 29.4 Å². The molecule has 0 spiro atoms. The zero-order valence-electron chi connectivity index (χ0n) is 9.66.